The number of para-hydroxylation sites is 1. The molecule has 4 nitrogen and oxygen atoms in total. The number of hydrogen-bond donors (Lipinski definition) is 1. The minimum Gasteiger partial charge on any atom is -0.423 e. The summed E-state index contributed by atoms with van der Waals surface area (Å²) in [6.45, 7) is 2.19. The maximum absolute atomic E-state index is 12.0. The second kappa shape index (κ2) is 11.2. The second-order valence-corrected chi connectivity index (χ2v) is 7.74. The number of carbonyl (C=O) groups is 1. The molecule has 0 saturated carbocycles. The van der Waals surface area contributed by atoms with Crippen LogP contribution in [0.15, 0.2) is 30.3 Å². The maximum atomic E-state index is 12.0. The Labute approximate surface area is 140 Å². The zero-order chi connectivity index (χ0) is 17.0. The molecular formula is C18H28O4S. The van der Waals surface area contributed by atoms with Gasteiger partial charge in [-0.15, -0.1) is 0 Å². The molecule has 130 valence electrons. The van der Waals surface area contributed by atoms with E-state index in [-0.39, 0.29) is 5.75 Å². The van der Waals surface area contributed by atoms with Crippen LogP contribution in [-0.2, 0) is 14.6 Å². The summed E-state index contributed by atoms with van der Waals surface area (Å²) in [6.07, 6.45) is 8.85. The van der Waals surface area contributed by atoms with Crippen LogP contribution >= 0.6 is 0 Å². The molecule has 0 bridgehead atoms. The number of esters is 1. The van der Waals surface area contributed by atoms with Gasteiger partial charge >= 0.3 is 5.97 Å². The van der Waals surface area contributed by atoms with Gasteiger partial charge in [0.25, 0.3) is 0 Å². The van der Waals surface area contributed by atoms with Crippen LogP contribution in [0.3, 0.4) is 0 Å². The fraction of sp³-hybridized carbons (Fsp3) is 0.556. The molecule has 1 unspecified atom stereocenters. The minimum absolute atomic E-state index is 0.117. The molecule has 5 heteroatoms. The van der Waals surface area contributed by atoms with Crippen molar-refractivity contribution in [2.24, 2.45) is 0 Å². The highest BCUT2D eigenvalue weighted by Gasteiger charge is 2.08. The lowest BCUT2D eigenvalue weighted by atomic mass is 10.1. The van der Waals surface area contributed by atoms with Crippen LogP contribution in [0.2, 0.25) is 0 Å². The molecule has 1 atom stereocenters. The van der Waals surface area contributed by atoms with Crippen LogP contribution in [0.4, 0.5) is 0 Å². The summed E-state index contributed by atoms with van der Waals surface area (Å²) in [4.78, 5) is 11.6. The molecule has 0 radical (unpaired) electrons. The summed E-state index contributed by atoms with van der Waals surface area (Å²) in [5.41, 5.74) is 0. The molecule has 1 rings (SSSR count). The highest BCUT2D eigenvalue weighted by Crippen LogP contribution is 2.10. The first kappa shape index (κ1) is 19.7. The Morgan fingerprint density at radius 1 is 1.04 bits per heavy atom. The van der Waals surface area contributed by atoms with E-state index in [2.05, 4.69) is 6.92 Å². The first-order chi connectivity index (χ1) is 11.0. The molecule has 1 aromatic rings. The van der Waals surface area contributed by atoms with Gasteiger partial charge in [0, 0.05) is 5.75 Å². The molecule has 0 amide bonds. The topological polar surface area (TPSA) is 63.6 Å². The lowest BCUT2D eigenvalue weighted by Gasteiger charge is -2.05. The monoisotopic (exact) mass is 340 g/mol. The number of hydrogen-bond acceptors (Lipinski definition) is 3. The predicted molar refractivity (Wildman–Crippen MR) is 96.4 cm³/mol. The van der Waals surface area contributed by atoms with Crippen LogP contribution in [0.1, 0.15) is 58.3 Å². The van der Waals surface area contributed by atoms with Crippen molar-refractivity contribution in [2.45, 2.75) is 58.3 Å². The zero-order valence-electron chi connectivity index (χ0n) is 13.9. The smallest absolute Gasteiger partial charge is 0.346 e. The number of carbonyl (C=O) groups excluding carboxylic acids is 1. The van der Waals surface area contributed by atoms with Crippen molar-refractivity contribution in [1.29, 1.82) is 0 Å². The summed E-state index contributed by atoms with van der Waals surface area (Å²) in [5, 5.41) is 0.807. The van der Waals surface area contributed by atoms with Gasteiger partial charge in [-0.3, -0.25) is 0 Å². The van der Waals surface area contributed by atoms with Crippen LogP contribution in [-0.4, -0.2) is 25.9 Å². The third-order valence-electron chi connectivity index (χ3n) is 3.53. The van der Waals surface area contributed by atoms with Gasteiger partial charge in [0.1, 0.15) is 11.1 Å². The quantitative estimate of drug-likeness (QED) is 0.282. The van der Waals surface area contributed by atoms with Crippen molar-refractivity contribution in [2.75, 3.05) is 5.75 Å². The Balaban J connectivity index is 2.26. The Morgan fingerprint density at radius 2 is 1.61 bits per heavy atom. The zero-order valence-corrected chi connectivity index (χ0v) is 14.7. The van der Waals surface area contributed by atoms with Gasteiger partial charge < -0.3 is 9.29 Å². The van der Waals surface area contributed by atoms with Crippen molar-refractivity contribution in [1.82, 2.24) is 0 Å². The average molecular weight is 340 g/mol. The van der Waals surface area contributed by atoms with Crippen molar-refractivity contribution >= 4 is 21.1 Å². The number of rotatable bonds is 11. The summed E-state index contributed by atoms with van der Waals surface area (Å²) < 4.78 is 26.8. The molecule has 0 spiro atoms. The van der Waals surface area contributed by atoms with Crippen LogP contribution < -0.4 is 4.74 Å². The van der Waals surface area contributed by atoms with Crippen molar-refractivity contribution in [3.8, 4) is 5.75 Å². The highest BCUT2D eigenvalue weighted by atomic mass is 32.2. The van der Waals surface area contributed by atoms with E-state index in [9.17, 15) is 13.6 Å². The average Bonchev–Trinajstić information content (AvgIpc) is 2.50. The van der Waals surface area contributed by atoms with Gasteiger partial charge in [0.15, 0.2) is 0 Å². The maximum Gasteiger partial charge on any atom is 0.346 e. The molecule has 1 N–H and O–H groups in total. The largest absolute Gasteiger partial charge is 0.423 e. The van der Waals surface area contributed by atoms with Gasteiger partial charge in [0.2, 0.25) is 0 Å². The van der Waals surface area contributed by atoms with E-state index in [1.807, 2.05) is 0 Å². The molecular weight excluding hydrogens is 312 g/mol. The molecule has 23 heavy (non-hydrogen) atoms. The molecule has 0 aliphatic rings. The van der Waals surface area contributed by atoms with Gasteiger partial charge in [0.05, 0.1) is 9.80 Å². The fourth-order valence-electron chi connectivity index (χ4n) is 2.28. The van der Waals surface area contributed by atoms with E-state index in [4.69, 9.17) is 4.74 Å². The molecule has 0 aliphatic heterocycles. The third-order valence-corrected chi connectivity index (χ3v) is 4.97. The van der Waals surface area contributed by atoms with E-state index < -0.39 is 15.8 Å². The summed E-state index contributed by atoms with van der Waals surface area (Å²) in [6, 6.07) is 8.53. The molecule has 1 aromatic carbocycles. The highest BCUT2D eigenvalue weighted by molar-refractivity contribution is 7.97. The van der Waals surface area contributed by atoms with Crippen LogP contribution in [0.5, 0.6) is 5.75 Å². The molecule has 0 aliphatic carbocycles. The van der Waals surface area contributed by atoms with Gasteiger partial charge in [-0.2, -0.15) is 0 Å². The number of benzene rings is 1. The lowest BCUT2D eigenvalue weighted by Crippen LogP contribution is -2.18. The Kier molecular flexibility index (Phi) is 9.64. The summed E-state index contributed by atoms with van der Waals surface area (Å²) >= 11 is 0. The third kappa shape index (κ3) is 10.1. The summed E-state index contributed by atoms with van der Waals surface area (Å²) in [7, 11) is -3.25. The first-order valence-corrected chi connectivity index (χ1v) is 10.1. The van der Waals surface area contributed by atoms with Crippen molar-refractivity contribution in [3.63, 3.8) is 0 Å². The van der Waals surface area contributed by atoms with E-state index in [0.717, 1.165) is 18.2 Å². The normalized spacial score (nSPS) is 13.3. The molecule has 0 heterocycles. The van der Waals surface area contributed by atoms with Crippen LogP contribution in [0.25, 0.3) is 0 Å². The number of ether oxygens (including phenoxy) is 1. The van der Waals surface area contributed by atoms with E-state index in [1.165, 1.54) is 32.1 Å². The van der Waals surface area contributed by atoms with Crippen molar-refractivity contribution < 1.29 is 18.3 Å². The minimum atomic E-state index is -3.25. The molecule has 0 fully saturated rings. The summed E-state index contributed by atoms with van der Waals surface area (Å²) in [5.74, 6) is -0.287. The van der Waals surface area contributed by atoms with Gasteiger partial charge in [-0.25, -0.2) is 9.00 Å². The van der Waals surface area contributed by atoms with Crippen molar-refractivity contribution in [3.05, 3.63) is 30.3 Å². The Bertz CT molecular complexity index is 560. The Hall–Kier alpha value is -1.33. The first-order valence-electron chi connectivity index (χ1n) is 8.39. The second-order valence-electron chi connectivity index (χ2n) is 5.72. The lowest BCUT2D eigenvalue weighted by molar-refractivity contribution is -0.126. The SMILES string of the molecule is CCCCCCCCCCS(=O)(O)=CC(=O)Oc1ccccc1. The van der Waals surface area contributed by atoms with E-state index >= 15 is 0 Å². The van der Waals surface area contributed by atoms with E-state index in [0.29, 0.717) is 12.2 Å². The molecule has 0 saturated heterocycles. The number of unbranched alkanes of at least 4 members (excludes halogenated alkanes) is 7. The Morgan fingerprint density at radius 3 is 2.22 bits per heavy atom. The van der Waals surface area contributed by atoms with Crippen LogP contribution in [0, 0.1) is 0 Å². The predicted octanol–water partition coefficient (Wildman–Crippen LogP) is 4.29. The van der Waals surface area contributed by atoms with Gasteiger partial charge in [-0.1, -0.05) is 70.1 Å². The molecule has 0 aromatic heterocycles. The van der Waals surface area contributed by atoms with E-state index in [1.54, 1.807) is 30.3 Å². The standard InChI is InChI=1S/C18H28O4S/c1-2-3-4-5-6-7-8-12-15-23(20,21)16-18(19)22-17-13-10-9-11-14-17/h9-11,13-14,16H,2-8,12,15H2,1H3,(H,20,21). The van der Waals surface area contributed by atoms with Gasteiger partial charge in [-0.05, 0) is 18.6 Å². The fourth-order valence-corrected chi connectivity index (χ4v) is 3.37.